The Bertz CT molecular complexity index is 1320. The fraction of sp³-hybridized carbons (Fsp3) is 0.345. The van der Waals surface area contributed by atoms with Crippen molar-refractivity contribution in [2.24, 2.45) is 0 Å². The summed E-state index contributed by atoms with van der Waals surface area (Å²) in [6.45, 7) is 5.94. The molecule has 0 saturated heterocycles. The van der Waals surface area contributed by atoms with Gasteiger partial charge >= 0.3 is 0 Å². The zero-order chi connectivity index (χ0) is 25.6. The Balaban J connectivity index is 1.27. The summed E-state index contributed by atoms with van der Waals surface area (Å²) >= 11 is 1.72. The maximum atomic E-state index is 12.7. The van der Waals surface area contributed by atoms with Crippen molar-refractivity contribution >= 4 is 17.2 Å². The molecule has 5 rings (SSSR count). The predicted molar refractivity (Wildman–Crippen MR) is 145 cm³/mol. The third kappa shape index (κ3) is 6.09. The molecule has 0 radical (unpaired) electrons. The molecule has 4 aromatic rings. The number of nitrogens with zero attached hydrogens (tertiary/aromatic N) is 5. The third-order valence-electron chi connectivity index (χ3n) is 7.05. The molecule has 1 atom stereocenters. The summed E-state index contributed by atoms with van der Waals surface area (Å²) in [7, 11) is 0. The highest BCUT2D eigenvalue weighted by Gasteiger charge is 2.27. The number of benzene rings is 1. The maximum absolute atomic E-state index is 12.7. The Morgan fingerprint density at radius 2 is 1.86 bits per heavy atom. The molecule has 3 heterocycles. The number of aryl methyl sites for hydroxylation is 3. The smallest absolute Gasteiger partial charge is 0.255 e. The van der Waals surface area contributed by atoms with Crippen LogP contribution in [0.5, 0.6) is 0 Å². The van der Waals surface area contributed by atoms with Crippen LogP contribution in [0.25, 0.3) is 0 Å². The fourth-order valence-electron chi connectivity index (χ4n) is 5.09. The van der Waals surface area contributed by atoms with Crippen LogP contribution in [0.2, 0.25) is 0 Å². The van der Waals surface area contributed by atoms with Gasteiger partial charge < -0.3 is 5.32 Å². The molecule has 1 N–H and O–H groups in total. The van der Waals surface area contributed by atoms with Gasteiger partial charge in [0.1, 0.15) is 6.33 Å². The number of pyridine rings is 1. The standard InChI is InChI=1S/C29H32N6OS/c1-20-27(21(2)34-18-33-20)29(36)32-15-22-8-10-23(11-9-22)17-35(14-12-25-16-30-19-37-25)26-7-3-5-24-6-4-13-31-28(24)26/h4,6,8-11,13,16,18-19,26H,3,5,7,12,14-15,17H2,1-2H3,(H,32,36). The molecule has 1 unspecified atom stereocenters. The molecule has 0 saturated carbocycles. The minimum absolute atomic E-state index is 0.141. The minimum atomic E-state index is -0.141. The molecule has 0 fully saturated rings. The van der Waals surface area contributed by atoms with E-state index in [2.05, 4.69) is 55.5 Å². The Labute approximate surface area is 222 Å². The van der Waals surface area contributed by atoms with Gasteiger partial charge in [0.25, 0.3) is 5.91 Å². The van der Waals surface area contributed by atoms with Crippen LogP contribution in [-0.2, 0) is 25.9 Å². The molecule has 1 aromatic carbocycles. The number of carbonyl (C=O) groups excluding carboxylic acids is 1. The van der Waals surface area contributed by atoms with Crippen LogP contribution >= 0.6 is 11.3 Å². The largest absolute Gasteiger partial charge is 0.348 e. The van der Waals surface area contributed by atoms with E-state index in [0.29, 0.717) is 29.5 Å². The molecule has 190 valence electrons. The lowest BCUT2D eigenvalue weighted by atomic mass is 9.90. The number of carbonyl (C=O) groups is 1. The average molecular weight is 513 g/mol. The lowest BCUT2D eigenvalue weighted by molar-refractivity contribution is 0.0948. The molecule has 0 spiro atoms. The Hall–Kier alpha value is -3.49. The Morgan fingerprint density at radius 1 is 1.08 bits per heavy atom. The van der Waals surface area contributed by atoms with Crippen molar-refractivity contribution in [3.63, 3.8) is 0 Å². The molecule has 1 aliphatic carbocycles. The first-order valence-corrected chi connectivity index (χ1v) is 13.7. The number of nitrogens with one attached hydrogen (secondary N) is 1. The van der Waals surface area contributed by atoms with Gasteiger partial charge in [0.05, 0.1) is 34.2 Å². The molecule has 8 heteroatoms. The second-order valence-corrected chi connectivity index (χ2v) is 10.5. The number of amides is 1. The number of aromatic nitrogens is 4. The van der Waals surface area contributed by atoms with E-state index in [1.165, 1.54) is 34.4 Å². The molecule has 0 bridgehead atoms. The molecule has 1 aliphatic rings. The minimum Gasteiger partial charge on any atom is -0.348 e. The van der Waals surface area contributed by atoms with Crippen LogP contribution in [-0.4, -0.2) is 37.3 Å². The summed E-state index contributed by atoms with van der Waals surface area (Å²) < 4.78 is 0. The number of rotatable bonds is 9. The van der Waals surface area contributed by atoms with Crippen LogP contribution in [0, 0.1) is 13.8 Å². The first kappa shape index (κ1) is 25.2. The van der Waals surface area contributed by atoms with E-state index >= 15 is 0 Å². The van der Waals surface area contributed by atoms with E-state index in [1.54, 1.807) is 11.3 Å². The molecule has 0 aliphatic heterocycles. The summed E-state index contributed by atoms with van der Waals surface area (Å²) in [5.74, 6) is -0.141. The van der Waals surface area contributed by atoms with Crippen molar-refractivity contribution < 1.29 is 4.79 Å². The van der Waals surface area contributed by atoms with Gasteiger partial charge in [0, 0.05) is 36.9 Å². The number of fused-ring (bicyclic) bond motifs is 1. The van der Waals surface area contributed by atoms with Crippen molar-refractivity contribution in [3.8, 4) is 0 Å². The number of thiazole rings is 1. The van der Waals surface area contributed by atoms with Crippen molar-refractivity contribution in [1.82, 2.24) is 30.2 Å². The van der Waals surface area contributed by atoms with Gasteiger partial charge in [0.2, 0.25) is 0 Å². The first-order valence-electron chi connectivity index (χ1n) is 12.8. The fourth-order valence-corrected chi connectivity index (χ4v) is 5.68. The van der Waals surface area contributed by atoms with Gasteiger partial charge in [-0.2, -0.15) is 0 Å². The van der Waals surface area contributed by atoms with Crippen molar-refractivity contribution in [1.29, 1.82) is 0 Å². The molecule has 1 amide bonds. The summed E-state index contributed by atoms with van der Waals surface area (Å²) in [5.41, 5.74) is 8.76. The first-order chi connectivity index (χ1) is 18.1. The molecule has 37 heavy (non-hydrogen) atoms. The van der Waals surface area contributed by atoms with Gasteiger partial charge in [-0.25, -0.2) is 9.97 Å². The summed E-state index contributed by atoms with van der Waals surface area (Å²) in [4.78, 5) is 34.0. The van der Waals surface area contributed by atoms with Crippen LogP contribution < -0.4 is 5.32 Å². The van der Waals surface area contributed by atoms with Crippen LogP contribution in [0.15, 0.2) is 60.6 Å². The van der Waals surface area contributed by atoms with Gasteiger partial charge in [-0.3, -0.25) is 19.7 Å². The highest BCUT2D eigenvalue weighted by molar-refractivity contribution is 7.09. The Kier molecular flexibility index (Phi) is 7.96. The second-order valence-electron chi connectivity index (χ2n) is 9.56. The lowest BCUT2D eigenvalue weighted by Crippen LogP contribution is -2.33. The zero-order valence-electron chi connectivity index (χ0n) is 21.4. The molecular weight excluding hydrogens is 480 g/mol. The lowest BCUT2D eigenvalue weighted by Gasteiger charge is -2.35. The summed E-state index contributed by atoms with van der Waals surface area (Å²) in [5, 5.41) is 3.01. The highest BCUT2D eigenvalue weighted by Crippen LogP contribution is 2.34. The zero-order valence-corrected chi connectivity index (χ0v) is 22.2. The van der Waals surface area contributed by atoms with Gasteiger partial charge in [-0.05, 0) is 62.3 Å². The van der Waals surface area contributed by atoms with E-state index in [4.69, 9.17) is 4.98 Å². The van der Waals surface area contributed by atoms with Crippen LogP contribution in [0.4, 0.5) is 0 Å². The summed E-state index contributed by atoms with van der Waals surface area (Å²) in [6, 6.07) is 13.1. The second kappa shape index (κ2) is 11.7. The third-order valence-corrected chi connectivity index (χ3v) is 7.89. The predicted octanol–water partition coefficient (Wildman–Crippen LogP) is 5.00. The molecule has 3 aromatic heterocycles. The van der Waals surface area contributed by atoms with Crippen molar-refractivity contribution in [3.05, 3.63) is 105 Å². The van der Waals surface area contributed by atoms with E-state index in [0.717, 1.165) is 37.9 Å². The number of hydrogen-bond acceptors (Lipinski definition) is 7. The normalized spacial score (nSPS) is 14.9. The Morgan fingerprint density at radius 3 is 2.62 bits per heavy atom. The molecular formula is C29H32N6OS. The van der Waals surface area contributed by atoms with Crippen molar-refractivity contribution in [2.45, 2.75) is 58.7 Å². The topological polar surface area (TPSA) is 83.9 Å². The van der Waals surface area contributed by atoms with E-state index in [-0.39, 0.29) is 5.91 Å². The summed E-state index contributed by atoms with van der Waals surface area (Å²) in [6.07, 6.45) is 9.79. The SMILES string of the molecule is Cc1ncnc(C)c1C(=O)NCc1ccc(CN(CCc2cncs2)C2CCCc3cccnc32)cc1. The van der Waals surface area contributed by atoms with Crippen LogP contribution in [0.3, 0.4) is 0 Å². The highest BCUT2D eigenvalue weighted by atomic mass is 32.1. The monoisotopic (exact) mass is 512 g/mol. The van der Waals surface area contributed by atoms with Gasteiger partial charge in [-0.1, -0.05) is 30.3 Å². The quantitative estimate of drug-likeness (QED) is 0.340. The molecule has 7 nitrogen and oxygen atoms in total. The number of hydrogen-bond donors (Lipinski definition) is 1. The average Bonchev–Trinajstić information content (AvgIpc) is 3.44. The van der Waals surface area contributed by atoms with E-state index in [1.807, 2.05) is 37.8 Å². The maximum Gasteiger partial charge on any atom is 0.255 e. The van der Waals surface area contributed by atoms with Crippen molar-refractivity contribution in [2.75, 3.05) is 6.54 Å². The van der Waals surface area contributed by atoms with E-state index < -0.39 is 0 Å². The van der Waals surface area contributed by atoms with Gasteiger partial charge in [-0.15, -0.1) is 11.3 Å². The van der Waals surface area contributed by atoms with Crippen LogP contribution in [0.1, 0.15) is 67.9 Å². The van der Waals surface area contributed by atoms with Gasteiger partial charge in [0.15, 0.2) is 0 Å². The van der Waals surface area contributed by atoms with E-state index in [9.17, 15) is 4.79 Å².